The Balaban J connectivity index is 1.85. The van der Waals surface area contributed by atoms with Gasteiger partial charge in [-0.3, -0.25) is 4.79 Å². The van der Waals surface area contributed by atoms with E-state index in [0.29, 0.717) is 11.0 Å². The first-order valence-corrected chi connectivity index (χ1v) is 12.2. The number of hydrogen-bond acceptors (Lipinski definition) is 7. The average molecular weight is 551 g/mol. The van der Waals surface area contributed by atoms with Crippen molar-refractivity contribution >= 4 is 28.2 Å². The number of thiophene rings is 1. The summed E-state index contributed by atoms with van der Waals surface area (Å²) in [7, 11) is 1.26. The van der Waals surface area contributed by atoms with Crippen LogP contribution in [0.1, 0.15) is 35.0 Å². The normalized spacial score (nSPS) is 11.1. The molecule has 0 atom stereocenters. The van der Waals surface area contributed by atoms with Crippen LogP contribution in [0.15, 0.2) is 39.2 Å². The van der Waals surface area contributed by atoms with Gasteiger partial charge in [-0.05, 0) is 18.6 Å². The Hall–Kier alpha value is -4.26. The van der Waals surface area contributed by atoms with E-state index in [2.05, 4.69) is 4.98 Å². The van der Waals surface area contributed by atoms with E-state index in [9.17, 15) is 28.3 Å². The summed E-state index contributed by atoms with van der Waals surface area (Å²) in [6.45, 7) is 1.51. The van der Waals surface area contributed by atoms with Gasteiger partial charge < -0.3 is 24.3 Å². The van der Waals surface area contributed by atoms with Crippen molar-refractivity contribution in [2.75, 3.05) is 13.7 Å². The zero-order chi connectivity index (χ0) is 27.6. The van der Waals surface area contributed by atoms with Crippen molar-refractivity contribution in [2.45, 2.75) is 26.4 Å². The Morgan fingerprint density at radius 1 is 1.08 bits per heavy atom. The predicted octanol–water partition coefficient (Wildman–Crippen LogP) is 4.62. The van der Waals surface area contributed by atoms with Crippen LogP contribution >= 0.6 is 11.3 Å². The number of ether oxygens (including phenoxy) is 3. The topological polar surface area (TPSA) is 120 Å². The lowest BCUT2D eigenvalue weighted by Gasteiger charge is -2.17. The van der Waals surface area contributed by atoms with Gasteiger partial charge in [0.25, 0.3) is 5.56 Å². The fraction of sp³-hybridized carbons (Fsp3) is 0.240. The van der Waals surface area contributed by atoms with Crippen LogP contribution in [0.25, 0.3) is 16.6 Å². The average Bonchev–Trinajstić information content (AvgIpc) is 3.31. The molecule has 0 saturated heterocycles. The monoisotopic (exact) mass is 550 g/mol. The molecular formula is C25H21F3N2O7S. The molecule has 0 saturated carbocycles. The highest BCUT2D eigenvalue weighted by Crippen LogP contribution is 2.34. The summed E-state index contributed by atoms with van der Waals surface area (Å²) in [5.41, 5.74) is -2.93. The van der Waals surface area contributed by atoms with Gasteiger partial charge >= 0.3 is 11.7 Å². The van der Waals surface area contributed by atoms with Gasteiger partial charge in [-0.1, -0.05) is 13.3 Å². The highest BCUT2D eigenvalue weighted by atomic mass is 32.1. The minimum Gasteiger partial charge on any atom is -0.496 e. The van der Waals surface area contributed by atoms with Crippen LogP contribution < -0.4 is 25.5 Å². The first-order valence-electron chi connectivity index (χ1n) is 11.3. The molecule has 0 amide bonds. The van der Waals surface area contributed by atoms with Crippen LogP contribution in [0.3, 0.4) is 0 Å². The molecule has 0 aliphatic rings. The molecule has 4 rings (SSSR count). The van der Waals surface area contributed by atoms with Crippen molar-refractivity contribution in [1.82, 2.24) is 9.55 Å². The molecule has 200 valence electrons. The molecule has 2 aromatic carbocycles. The Morgan fingerprint density at radius 3 is 2.50 bits per heavy atom. The summed E-state index contributed by atoms with van der Waals surface area (Å²) >= 11 is 0.731. The maximum atomic E-state index is 15.3. The lowest BCUT2D eigenvalue weighted by atomic mass is 10.2. The molecular weight excluding hydrogens is 529 g/mol. The zero-order valence-electron chi connectivity index (χ0n) is 20.1. The van der Waals surface area contributed by atoms with Crippen molar-refractivity contribution in [3.63, 3.8) is 0 Å². The number of carbonyl (C=O) groups is 1. The Kier molecular flexibility index (Phi) is 7.76. The molecule has 0 radical (unpaired) electrons. The summed E-state index contributed by atoms with van der Waals surface area (Å²) < 4.78 is 60.4. The highest BCUT2D eigenvalue weighted by molar-refractivity contribution is 7.13. The molecule has 2 N–H and O–H groups in total. The van der Waals surface area contributed by atoms with Gasteiger partial charge in [0.15, 0.2) is 29.0 Å². The number of rotatable bonds is 10. The second-order valence-electron chi connectivity index (χ2n) is 8.01. The third kappa shape index (κ3) is 4.96. The third-order valence-corrected chi connectivity index (χ3v) is 6.57. The number of hydrogen-bond donors (Lipinski definition) is 2. The highest BCUT2D eigenvalue weighted by Gasteiger charge is 2.23. The number of halogens is 3. The van der Waals surface area contributed by atoms with Crippen LogP contribution in [0.4, 0.5) is 13.2 Å². The Labute approximate surface area is 216 Å². The Bertz CT molecular complexity index is 1640. The van der Waals surface area contributed by atoms with Gasteiger partial charge in [-0.25, -0.2) is 27.3 Å². The molecule has 2 aromatic heterocycles. The van der Waals surface area contributed by atoms with Crippen LogP contribution in [0, 0.1) is 17.5 Å². The number of aromatic amines is 1. The molecule has 0 spiro atoms. The van der Waals surface area contributed by atoms with Crippen molar-refractivity contribution in [3.05, 3.63) is 78.4 Å². The number of nitrogens with one attached hydrogen (secondary N) is 1. The number of nitrogens with zero attached hydrogens (tertiary/aromatic N) is 1. The predicted molar refractivity (Wildman–Crippen MR) is 133 cm³/mol. The lowest BCUT2D eigenvalue weighted by molar-refractivity contribution is 0.0704. The van der Waals surface area contributed by atoms with E-state index in [1.807, 2.05) is 6.92 Å². The maximum Gasteiger partial charge on any atom is 0.346 e. The van der Waals surface area contributed by atoms with Crippen molar-refractivity contribution in [2.24, 2.45) is 0 Å². The minimum absolute atomic E-state index is 0.00328. The molecule has 0 aliphatic heterocycles. The first-order chi connectivity index (χ1) is 18.2. The van der Waals surface area contributed by atoms with E-state index in [4.69, 9.17) is 14.2 Å². The molecule has 38 heavy (non-hydrogen) atoms. The SMILES string of the molecule is CCCCOc1cc(F)c(-n2c(=O)[nH]c3csc(C(=O)O)c3c2=O)cc1OCc1c(OC)ccc(F)c1F. The quantitative estimate of drug-likeness (QED) is 0.277. The lowest BCUT2D eigenvalue weighted by Crippen LogP contribution is -2.34. The van der Waals surface area contributed by atoms with Gasteiger partial charge in [-0.2, -0.15) is 0 Å². The van der Waals surface area contributed by atoms with Crippen molar-refractivity contribution in [1.29, 1.82) is 0 Å². The largest absolute Gasteiger partial charge is 0.496 e. The van der Waals surface area contributed by atoms with E-state index < -0.39 is 47.0 Å². The summed E-state index contributed by atoms with van der Waals surface area (Å²) in [5.74, 6) is -5.08. The standard InChI is InChI=1S/C25H21F3N2O7S/c1-3-4-7-36-18-8-14(27)16(9-19(18)37-10-12-17(35-2)6-5-13(26)21(12)28)30-23(31)20-15(29-25(30)34)11-38-22(20)24(32)33/h5-6,8-9,11H,3-4,7,10H2,1-2H3,(H,29,34)(H,32,33). The van der Waals surface area contributed by atoms with Gasteiger partial charge in [-0.15, -0.1) is 11.3 Å². The second kappa shape index (κ2) is 11.0. The first kappa shape index (κ1) is 26.8. The van der Waals surface area contributed by atoms with E-state index in [1.165, 1.54) is 18.6 Å². The van der Waals surface area contributed by atoms with Crippen molar-refractivity contribution < 1.29 is 37.3 Å². The van der Waals surface area contributed by atoms with Crippen LogP contribution in [0.2, 0.25) is 0 Å². The number of methoxy groups -OCH3 is 1. The number of benzene rings is 2. The summed E-state index contributed by atoms with van der Waals surface area (Å²) in [5, 5.41) is 10.4. The van der Waals surface area contributed by atoms with Gasteiger partial charge in [0.1, 0.15) is 17.2 Å². The van der Waals surface area contributed by atoms with Gasteiger partial charge in [0.2, 0.25) is 0 Å². The molecule has 4 aromatic rings. The van der Waals surface area contributed by atoms with E-state index in [1.54, 1.807) is 0 Å². The minimum atomic E-state index is -1.39. The Morgan fingerprint density at radius 2 is 1.82 bits per heavy atom. The second-order valence-corrected chi connectivity index (χ2v) is 8.89. The summed E-state index contributed by atoms with van der Waals surface area (Å²) in [6.07, 6.45) is 1.38. The number of aromatic nitrogens is 2. The van der Waals surface area contributed by atoms with E-state index in [-0.39, 0.29) is 45.2 Å². The molecule has 0 aliphatic carbocycles. The number of unbranched alkanes of at least 4 members (excludes halogenated alkanes) is 1. The third-order valence-electron chi connectivity index (χ3n) is 5.60. The molecule has 0 bridgehead atoms. The van der Waals surface area contributed by atoms with Gasteiger partial charge in [0.05, 0.1) is 35.9 Å². The molecule has 0 fully saturated rings. The molecule has 0 unspecified atom stereocenters. The van der Waals surface area contributed by atoms with Crippen LogP contribution in [-0.2, 0) is 6.61 Å². The van der Waals surface area contributed by atoms with E-state index in [0.717, 1.165) is 36.0 Å². The van der Waals surface area contributed by atoms with Gasteiger partial charge in [0, 0.05) is 17.5 Å². The zero-order valence-corrected chi connectivity index (χ0v) is 20.9. The maximum absolute atomic E-state index is 15.3. The van der Waals surface area contributed by atoms with E-state index >= 15 is 4.39 Å². The smallest absolute Gasteiger partial charge is 0.346 e. The van der Waals surface area contributed by atoms with Crippen molar-refractivity contribution in [3.8, 4) is 22.9 Å². The van der Waals surface area contributed by atoms with Crippen LogP contribution in [-0.4, -0.2) is 34.3 Å². The molecule has 9 nitrogen and oxygen atoms in total. The number of H-pyrrole nitrogens is 1. The fourth-order valence-corrected chi connectivity index (χ4v) is 4.54. The number of fused-ring (bicyclic) bond motifs is 1. The molecule has 13 heteroatoms. The number of aromatic carboxylic acids is 1. The number of carboxylic acids is 1. The number of carboxylic acid groups (broad SMARTS) is 1. The fourth-order valence-electron chi connectivity index (χ4n) is 3.71. The summed E-state index contributed by atoms with van der Waals surface area (Å²) in [6, 6.07) is 3.98. The summed E-state index contributed by atoms with van der Waals surface area (Å²) in [4.78, 5) is 39.5. The molecule has 2 heterocycles. The van der Waals surface area contributed by atoms with Crippen LogP contribution in [0.5, 0.6) is 17.2 Å².